The molecule has 2 N–H and O–H groups in total. The predicted molar refractivity (Wildman–Crippen MR) is 136 cm³/mol. The van der Waals surface area contributed by atoms with E-state index in [1.165, 1.54) is 0 Å². The summed E-state index contributed by atoms with van der Waals surface area (Å²) in [5, 5.41) is 9.11. The molecule has 2 aromatic rings. The van der Waals surface area contributed by atoms with Gasteiger partial charge in [-0.3, -0.25) is 19.7 Å². The molecular formula is C26H33N7O. The molecule has 1 aromatic carbocycles. The first-order valence-corrected chi connectivity index (χ1v) is 11.5. The van der Waals surface area contributed by atoms with Crippen LogP contribution < -0.4 is 10.6 Å². The molecule has 0 radical (unpaired) electrons. The van der Waals surface area contributed by atoms with Crippen molar-refractivity contribution < 1.29 is 4.79 Å². The Balaban J connectivity index is 1.59. The first-order chi connectivity index (χ1) is 16.4. The standard InChI is InChI=1S/C26H33N7O/c1-4-23(24-7-5-6-21(12-24)19-31(3)26(34)15-28)17-30-20(2)32-8-10-33(11-9-32)25-13-22(14-27)16-29-18-25/h4-7,12-13,16-18,20H,8-11,15,19,28H2,1-3H3/b23-4+,30-17-. The van der Waals surface area contributed by atoms with Gasteiger partial charge in [0.05, 0.1) is 30.2 Å². The lowest BCUT2D eigenvalue weighted by Gasteiger charge is -2.37. The molecule has 1 atom stereocenters. The number of carbonyl (C=O) groups is 1. The zero-order valence-electron chi connectivity index (χ0n) is 20.2. The summed E-state index contributed by atoms with van der Waals surface area (Å²) in [4.78, 5) is 27.0. The second kappa shape index (κ2) is 12.1. The van der Waals surface area contributed by atoms with Crippen LogP contribution in [0.25, 0.3) is 5.57 Å². The number of nitriles is 1. The number of piperazine rings is 1. The molecule has 1 fully saturated rings. The van der Waals surface area contributed by atoms with Crippen LogP contribution in [0.4, 0.5) is 5.69 Å². The molecule has 178 valence electrons. The number of anilines is 1. The topological polar surface area (TPSA) is 102 Å². The molecule has 8 heteroatoms. The summed E-state index contributed by atoms with van der Waals surface area (Å²) in [5.41, 5.74) is 10.2. The van der Waals surface area contributed by atoms with Gasteiger partial charge in [-0.2, -0.15) is 5.26 Å². The van der Waals surface area contributed by atoms with Crippen LogP contribution >= 0.6 is 0 Å². The Hall–Kier alpha value is -3.54. The maximum absolute atomic E-state index is 11.8. The van der Waals surface area contributed by atoms with Gasteiger partial charge in [-0.05, 0) is 42.7 Å². The maximum atomic E-state index is 11.8. The largest absolute Gasteiger partial charge is 0.368 e. The number of allylic oxidation sites excluding steroid dienone is 2. The van der Waals surface area contributed by atoms with E-state index < -0.39 is 0 Å². The van der Waals surface area contributed by atoms with Gasteiger partial charge in [-0.15, -0.1) is 0 Å². The molecule has 1 saturated heterocycles. The van der Waals surface area contributed by atoms with Gasteiger partial charge in [-0.25, -0.2) is 0 Å². The number of likely N-dealkylation sites (N-methyl/N-ethyl adjacent to an activating group) is 1. The highest BCUT2D eigenvalue weighted by Crippen LogP contribution is 2.19. The Labute approximate surface area is 202 Å². The lowest BCUT2D eigenvalue weighted by atomic mass is 10.0. The van der Waals surface area contributed by atoms with Crippen LogP contribution in [0.5, 0.6) is 0 Å². The minimum atomic E-state index is -0.0822. The van der Waals surface area contributed by atoms with Crippen molar-refractivity contribution in [2.45, 2.75) is 26.6 Å². The first kappa shape index (κ1) is 25.1. The number of nitrogens with two attached hydrogens (primary N) is 1. The van der Waals surface area contributed by atoms with Gasteiger partial charge in [0.1, 0.15) is 6.07 Å². The molecule has 0 spiro atoms. The number of aliphatic imine (C=N–C) groups is 1. The molecular weight excluding hydrogens is 426 g/mol. The van der Waals surface area contributed by atoms with Gasteiger partial charge >= 0.3 is 0 Å². The van der Waals surface area contributed by atoms with Crippen LogP contribution in [0.2, 0.25) is 0 Å². The number of hydrogen-bond donors (Lipinski definition) is 1. The quantitative estimate of drug-likeness (QED) is 0.609. The molecule has 1 unspecified atom stereocenters. The Morgan fingerprint density at radius 1 is 1.29 bits per heavy atom. The lowest BCUT2D eigenvalue weighted by Crippen LogP contribution is -2.49. The highest BCUT2D eigenvalue weighted by Gasteiger charge is 2.21. The van der Waals surface area contributed by atoms with Crippen LogP contribution in [0, 0.1) is 11.3 Å². The fourth-order valence-corrected chi connectivity index (χ4v) is 3.98. The van der Waals surface area contributed by atoms with Crippen molar-refractivity contribution in [2.24, 2.45) is 10.7 Å². The summed E-state index contributed by atoms with van der Waals surface area (Å²) in [7, 11) is 1.76. The van der Waals surface area contributed by atoms with Crippen molar-refractivity contribution in [2.75, 3.05) is 44.7 Å². The fraction of sp³-hybridized carbons (Fsp3) is 0.385. The normalized spacial score (nSPS) is 15.9. The van der Waals surface area contributed by atoms with Crippen LogP contribution in [0.15, 0.2) is 53.8 Å². The van der Waals surface area contributed by atoms with Crippen molar-refractivity contribution in [3.63, 3.8) is 0 Å². The van der Waals surface area contributed by atoms with Crippen molar-refractivity contribution in [3.8, 4) is 6.07 Å². The fourth-order valence-electron chi connectivity index (χ4n) is 3.98. The molecule has 0 aliphatic carbocycles. The van der Waals surface area contributed by atoms with Gasteiger partial charge in [0.15, 0.2) is 0 Å². The summed E-state index contributed by atoms with van der Waals surface area (Å²) in [6.07, 6.45) is 7.44. The lowest BCUT2D eigenvalue weighted by molar-refractivity contribution is -0.128. The third-order valence-corrected chi connectivity index (χ3v) is 6.08. The van der Waals surface area contributed by atoms with E-state index in [0.717, 1.165) is 48.6 Å². The summed E-state index contributed by atoms with van der Waals surface area (Å²) < 4.78 is 0. The number of amides is 1. The zero-order chi connectivity index (χ0) is 24.5. The third kappa shape index (κ3) is 6.50. The van der Waals surface area contributed by atoms with Crippen molar-refractivity contribution in [3.05, 3.63) is 65.5 Å². The number of benzene rings is 1. The van der Waals surface area contributed by atoms with Crippen LogP contribution in [0.3, 0.4) is 0 Å². The van der Waals surface area contributed by atoms with E-state index in [4.69, 9.17) is 16.0 Å². The average Bonchev–Trinajstić information content (AvgIpc) is 2.88. The first-order valence-electron chi connectivity index (χ1n) is 11.5. The average molecular weight is 460 g/mol. The second-order valence-corrected chi connectivity index (χ2v) is 8.37. The monoisotopic (exact) mass is 459 g/mol. The van der Waals surface area contributed by atoms with E-state index in [-0.39, 0.29) is 18.6 Å². The van der Waals surface area contributed by atoms with Crippen LogP contribution in [-0.4, -0.2) is 72.8 Å². The molecule has 1 aliphatic rings. The Bertz CT molecular complexity index is 1080. The number of rotatable bonds is 8. The Morgan fingerprint density at radius 2 is 2.06 bits per heavy atom. The number of carbonyl (C=O) groups excluding carboxylic acids is 1. The van der Waals surface area contributed by atoms with Crippen molar-refractivity contribution >= 4 is 23.4 Å². The zero-order valence-corrected chi connectivity index (χ0v) is 20.2. The SMILES string of the molecule is C/C=C(\C=N/C(C)N1CCN(c2cncc(C#N)c2)CC1)c1cccc(CN(C)C(=O)CN)c1. The van der Waals surface area contributed by atoms with Crippen molar-refractivity contribution in [1.82, 2.24) is 14.8 Å². The van der Waals surface area contributed by atoms with E-state index in [0.29, 0.717) is 12.1 Å². The van der Waals surface area contributed by atoms with E-state index >= 15 is 0 Å². The molecule has 1 aliphatic heterocycles. The van der Waals surface area contributed by atoms with E-state index in [1.807, 2.05) is 37.5 Å². The van der Waals surface area contributed by atoms with Gasteiger partial charge in [0.25, 0.3) is 0 Å². The van der Waals surface area contributed by atoms with Gasteiger partial charge in [-0.1, -0.05) is 24.3 Å². The third-order valence-electron chi connectivity index (χ3n) is 6.08. The summed E-state index contributed by atoms with van der Waals surface area (Å²) in [6.45, 7) is 8.15. The summed E-state index contributed by atoms with van der Waals surface area (Å²) in [6, 6.07) is 12.2. The van der Waals surface area contributed by atoms with Crippen molar-refractivity contribution in [1.29, 1.82) is 5.26 Å². The minimum Gasteiger partial charge on any atom is -0.368 e. The van der Waals surface area contributed by atoms with Gasteiger partial charge < -0.3 is 15.5 Å². The molecule has 2 heterocycles. The molecule has 0 saturated carbocycles. The Kier molecular flexibility index (Phi) is 8.91. The summed E-state index contributed by atoms with van der Waals surface area (Å²) >= 11 is 0. The predicted octanol–water partition coefficient (Wildman–Crippen LogP) is 2.51. The van der Waals surface area contributed by atoms with E-state index in [9.17, 15) is 4.79 Å². The second-order valence-electron chi connectivity index (χ2n) is 8.37. The van der Waals surface area contributed by atoms with Crippen LogP contribution in [-0.2, 0) is 11.3 Å². The van der Waals surface area contributed by atoms with Crippen LogP contribution in [0.1, 0.15) is 30.5 Å². The highest BCUT2D eigenvalue weighted by molar-refractivity contribution is 6.09. The molecule has 0 bridgehead atoms. The van der Waals surface area contributed by atoms with Gasteiger partial charge in [0, 0.05) is 52.2 Å². The smallest absolute Gasteiger partial charge is 0.236 e. The molecule has 1 amide bonds. The molecule has 1 aromatic heterocycles. The molecule has 34 heavy (non-hydrogen) atoms. The highest BCUT2D eigenvalue weighted by atomic mass is 16.2. The minimum absolute atomic E-state index is 0.0122. The maximum Gasteiger partial charge on any atom is 0.236 e. The number of aromatic nitrogens is 1. The Morgan fingerprint density at radius 3 is 2.74 bits per heavy atom. The summed E-state index contributed by atoms with van der Waals surface area (Å²) in [5.74, 6) is -0.0822. The number of pyridine rings is 1. The van der Waals surface area contributed by atoms with E-state index in [1.54, 1.807) is 18.1 Å². The van der Waals surface area contributed by atoms with Gasteiger partial charge in [0.2, 0.25) is 5.91 Å². The molecule has 3 rings (SSSR count). The van der Waals surface area contributed by atoms with E-state index in [2.05, 4.69) is 46.0 Å². The molecule has 8 nitrogen and oxygen atoms in total. The number of hydrogen-bond acceptors (Lipinski definition) is 7. The number of nitrogens with zero attached hydrogens (tertiary/aromatic N) is 6.